The van der Waals surface area contributed by atoms with E-state index in [0.717, 1.165) is 23.2 Å². The van der Waals surface area contributed by atoms with Crippen LogP contribution in [-0.2, 0) is 7.05 Å². The van der Waals surface area contributed by atoms with Crippen molar-refractivity contribution < 1.29 is 17.6 Å². The number of nitriles is 1. The summed E-state index contributed by atoms with van der Waals surface area (Å²) < 4.78 is 56.1. The van der Waals surface area contributed by atoms with Crippen LogP contribution in [0, 0.1) is 11.2 Å². The van der Waals surface area contributed by atoms with E-state index in [4.69, 9.17) is 0 Å². The van der Waals surface area contributed by atoms with Crippen LogP contribution in [0.25, 0.3) is 11.3 Å². The van der Waals surface area contributed by atoms with E-state index in [1.165, 1.54) is 0 Å². The van der Waals surface area contributed by atoms with Crippen molar-refractivity contribution in [2.45, 2.75) is 64.5 Å². The molecule has 2 fully saturated rings. The summed E-state index contributed by atoms with van der Waals surface area (Å²) in [5.74, 6) is -5.72. The minimum atomic E-state index is -4.09. The van der Waals surface area contributed by atoms with Crippen molar-refractivity contribution >= 4 is 12.5 Å². The molecule has 2 aromatic rings. The van der Waals surface area contributed by atoms with Gasteiger partial charge in [-0.25, -0.2) is 10.2 Å². The molecular weight excluding hydrogens is 421 g/mol. The molecule has 2 aliphatic rings. The van der Waals surface area contributed by atoms with Crippen LogP contribution in [0.2, 0.25) is 12.6 Å². The van der Waals surface area contributed by atoms with Gasteiger partial charge in [0, 0.05) is 31.0 Å². The Hall–Kier alpha value is -2.57. The molecule has 0 amide bonds. The number of aromatic nitrogens is 3. The van der Waals surface area contributed by atoms with Crippen LogP contribution < -0.4 is 4.90 Å². The van der Waals surface area contributed by atoms with Crippen molar-refractivity contribution in [1.82, 2.24) is 14.8 Å². The molecule has 2 aromatic heterocycles. The van der Waals surface area contributed by atoms with E-state index in [0.29, 0.717) is 17.6 Å². The molecule has 5 nitrogen and oxygen atoms in total. The third-order valence-electron chi connectivity index (χ3n) is 5.60. The summed E-state index contributed by atoms with van der Waals surface area (Å²) >= 11 is 0. The van der Waals surface area contributed by atoms with Crippen molar-refractivity contribution in [1.29, 1.82) is 5.26 Å². The Balaban J connectivity index is 0.000000860. The molecule has 1 unspecified atom stereocenters. The average molecular weight is 451 g/mol. The molecule has 0 spiro atoms. The van der Waals surface area contributed by atoms with Crippen molar-refractivity contribution in [3.05, 3.63) is 30.1 Å². The van der Waals surface area contributed by atoms with Crippen LogP contribution in [0.4, 0.5) is 23.4 Å². The molecule has 0 N–H and O–H groups in total. The zero-order valence-electron chi connectivity index (χ0n) is 19.2. The summed E-state index contributed by atoms with van der Waals surface area (Å²) in [5, 5.41) is 13.6. The highest BCUT2D eigenvalue weighted by atomic mass is 19.3. The van der Waals surface area contributed by atoms with Gasteiger partial charge in [0.25, 0.3) is 6.71 Å². The second-order valence-electron chi connectivity index (χ2n) is 7.61. The van der Waals surface area contributed by atoms with Gasteiger partial charge in [0.05, 0.1) is 18.8 Å². The highest BCUT2D eigenvalue weighted by Crippen LogP contribution is 2.44. The normalized spacial score (nSPS) is 20.7. The van der Waals surface area contributed by atoms with Crippen LogP contribution in [0.15, 0.2) is 24.5 Å². The average Bonchev–Trinajstić information content (AvgIpc) is 3.48. The molecule has 174 valence electrons. The topological polar surface area (TPSA) is 57.7 Å². The lowest BCUT2D eigenvalue weighted by Crippen LogP contribution is -2.38. The van der Waals surface area contributed by atoms with E-state index < -0.39 is 24.9 Å². The standard InChI is InChI=1S/C18H18BF4N5.2C2H6/c1-27-5-3-15(26-27)13-6-16(28-9-17(20,21)18(22,23)10-28)25-8-14(13)12-2-4-19(7-12)11-24;2*1-2/h3,5-6,8,12H,2,4,7,9-10H2,1H3;2*1-2H3. The summed E-state index contributed by atoms with van der Waals surface area (Å²) in [6.07, 6.45) is 5.62. The summed E-state index contributed by atoms with van der Waals surface area (Å²) in [5.41, 5.74) is 2.19. The largest absolute Gasteiger partial charge is 0.344 e. The van der Waals surface area contributed by atoms with E-state index in [1.807, 2.05) is 27.7 Å². The summed E-state index contributed by atoms with van der Waals surface area (Å²) in [7, 11) is 1.76. The molecule has 0 radical (unpaired) electrons. The Labute approximate surface area is 187 Å². The fourth-order valence-electron chi connectivity index (χ4n) is 4.04. The fraction of sp³-hybridized carbons (Fsp3) is 0.591. The smallest absolute Gasteiger partial charge is 0.329 e. The second kappa shape index (κ2) is 10.4. The maximum atomic E-state index is 13.6. The van der Waals surface area contributed by atoms with E-state index in [-0.39, 0.29) is 18.4 Å². The van der Waals surface area contributed by atoms with Crippen molar-refractivity contribution in [2.75, 3.05) is 18.0 Å². The SMILES string of the molecule is CC.CC.Cn1ccc(-c2cc(N3CC(F)(F)C(F)(F)C3)ncc2C2CCB(C#N)C2)n1. The molecule has 4 heterocycles. The number of hydrogen-bond donors (Lipinski definition) is 0. The van der Waals surface area contributed by atoms with Crippen LogP contribution in [0.5, 0.6) is 0 Å². The summed E-state index contributed by atoms with van der Waals surface area (Å²) in [4.78, 5) is 5.14. The monoisotopic (exact) mass is 451 g/mol. The first kappa shape index (κ1) is 25.7. The predicted molar refractivity (Wildman–Crippen MR) is 120 cm³/mol. The number of halogens is 4. The Morgan fingerprint density at radius 2 is 1.75 bits per heavy atom. The van der Waals surface area contributed by atoms with Crippen molar-refractivity contribution in [3.63, 3.8) is 0 Å². The van der Waals surface area contributed by atoms with Gasteiger partial charge in [0.1, 0.15) is 5.82 Å². The van der Waals surface area contributed by atoms with Crippen LogP contribution in [0.3, 0.4) is 0 Å². The number of anilines is 1. The first-order valence-corrected chi connectivity index (χ1v) is 11.1. The highest BCUT2D eigenvalue weighted by molar-refractivity contribution is 6.67. The number of rotatable bonds is 3. The number of hydrogen-bond acceptors (Lipinski definition) is 4. The Morgan fingerprint density at radius 3 is 2.25 bits per heavy atom. The van der Waals surface area contributed by atoms with Gasteiger partial charge >= 0.3 is 11.8 Å². The van der Waals surface area contributed by atoms with E-state index >= 15 is 0 Å². The molecule has 0 saturated carbocycles. The molecule has 10 heteroatoms. The Bertz CT molecular complexity index is 925. The molecular formula is C22H30BF4N5. The lowest BCUT2D eigenvalue weighted by atomic mass is 9.49. The lowest BCUT2D eigenvalue weighted by Gasteiger charge is -2.20. The van der Waals surface area contributed by atoms with E-state index in [9.17, 15) is 22.8 Å². The second-order valence-corrected chi connectivity index (χ2v) is 7.61. The number of pyridine rings is 1. The van der Waals surface area contributed by atoms with Crippen LogP contribution in [0.1, 0.15) is 45.6 Å². The zero-order chi connectivity index (χ0) is 24.1. The number of nitrogens with zero attached hydrogens (tertiary/aromatic N) is 5. The molecule has 2 saturated heterocycles. The zero-order valence-corrected chi connectivity index (χ0v) is 19.2. The lowest BCUT2D eigenvalue weighted by molar-refractivity contribution is -0.172. The first-order valence-electron chi connectivity index (χ1n) is 11.1. The van der Waals surface area contributed by atoms with Crippen molar-refractivity contribution in [2.24, 2.45) is 7.05 Å². The van der Waals surface area contributed by atoms with Gasteiger partial charge in [-0.05, 0) is 23.6 Å². The predicted octanol–water partition coefficient (Wildman–Crippen LogP) is 5.67. The molecule has 1 atom stereocenters. The fourth-order valence-corrected chi connectivity index (χ4v) is 4.04. The van der Waals surface area contributed by atoms with Crippen LogP contribution >= 0.6 is 0 Å². The Morgan fingerprint density at radius 1 is 1.12 bits per heavy atom. The van der Waals surface area contributed by atoms with Crippen molar-refractivity contribution in [3.8, 4) is 17.2 Å². The van der Waals surface area contributed by atoms with Gasteiger partial charge < -0.3 is 4.90 Å². The molecule has 2 aliphatic heterocycles. The summed E-state index contributed by atoms with van der Waals surface area (Å²) in [6.45, 7) is 5.82. The minimum Gasteiger partial charge on any atom is -0.344 e. The number of aryl methyl sites for hydroxylation is 1. The van der Waals surface area contributed by atoms with Gasteiger partial charge in [-0.3, -0.25) is 4.68 Å². The van der Waals surface area contributed by atoms with Crippen LogP contribution in [-0.4, -0.2) is 46.4 Å². The molecule has 4 rings (SSSR count). The minimum absolute atomic E-state index is 0.0303. The third-order valence-corrected chi connectivity index (χ3v) is 5.60. The van der Waals surface area contributed by atoms with Gasteiger partial charge in [-0.1, -0.05) is 46.8 Å². The maximum Gasteiger partial charge on any atom is 0.329 e. The quantitative estimate of drug-likeness (QED) is 0.446. The molecule has 0 aromatic carbocycles. The maximum absolute atomic E-state index is 13.6. The van der Waals surface area contributed by atoms with E-state index in [1.54, 1.807) is 36.3 Å². The van der Waals surface area contributed by atoms with Gasteiger partial charge in [0.15, 0.2) is 0 Å². The van der Waals surface area contributed by atoms with Gasteiger partial charge in [-0.15, -0.1) is 0 Å². The van der Waals surface area contributed by atoms with Gasteiger partial charge in [0.2, 0.25) is 0 Å². The molecule has 0 bridgehead atoms. The third kappa shape index (κ3) is 5.08. The van der Waals surface area contributed by atoms with E-state index in [2.05, 4.69) is 16.1 Å². The number of alkyl halides is 4. The summed E-state index contributed by atoms with van der Waals surface area (Å²) in [6, 6.07) is 3.35. The first-order chi connectivity index (χ1) is 15.2. The molecule has 32 heavy (non-hydrogen) atoms. The highest BCUT2D eigenvalue weighted by Gasteiger charge is 2.63. The molecule has 0 aliphatic carbocycles. The van der Waals surface area contributed by atoms with Gasteiger partial charge in [-0.2, -0.15) is 22.7 Å². The Kier molecular flexibility index (Phi) is 8.32.